The third-order valence-corrected chi connectivity index (χ3v) is 8.55. The summed E-state index contributed by atoms with van der Waals surface area (Å²) in [5, 5.41) is 2.74. The Kier molecular flexibility index (Phi) is 7.13. The van der Waals surface area contributed by atoms with E-state index in [9.17, 15) is 22.4 Å². The average Bonchev–Trinajstić information content (AvgIpc) is 3.19. The molecule has 7 nitrogen and oxygen atoms in total. The molecule has 31 heavy (non-hydrogen) atoms. The molecule has 0 bridgehead atoms. The fourth-order valence-electron chi connectivity index (χ4n) is 3.36. The number of hydrogen-bond acceptors (Lipinski definition) is 5. The van der Waals surface area contributed by atoms with Crippen LogP contribution in [0.2, 0.25) is 0 Å². The van der Waals surface area contributed by atoms with Crippen molar-refractivity contribution >= 4 is 33.2 Å². The van der Waals surface area contributed by atoms with Gasteiger partial charge in [-0.05, 0) is 49.2 Å². The molecule has 1 aliphatic heterocycles. The first-order chi connectivity index (χ1) is 14.6. The quantitative estimate of drug-likeness (QED) is 0.707. The Labute approximate surface area is 185 Å². The van der Waals surface area contributed by atoms with Crippen LogP contribution < -0.4 is 5.32 Å². The maximum atomic E-state index is 13.1. The van der Waals surface area contributed by atoms with Gasteiger partial charge in [0.05, 0.1) is 0 Å². The molecule has 0 saturated carbocycles. The number of benzene rings is 1. The van der Waals surface area contributed by atoms with E-state index < -0.39 is 27.8 Å². The Morgan fingerprint density at radius 1 is 1.03 bits per heavy atom. The maximum absolute atomic E-state index is 13.1. The Balaban J connectivity index is 1.64. The van der Waals surface area contributed by atoms with Gasteiger partial charge in [-0.3, -0.25) is 9.59 Å². The number of aryl methyl sites for hydroxylation is 1. The van der Waals surface area contributed by atoms with Gasteiger partial charge in [-0.25, -0.2) is 12.8 Å². The van der Waals surface area contributed by atoms with E-state index in [2.05, 4.69) is 5.32 Å². The van der Waals surface area contributed by atoms with Gasteiger partial charge in [0, 0.05) is 36.6 Å². The number of nitrogens with one attached hydrogen (secondary N) is 1. The maximum Gasteiger partial charge on any atom is 0.252 e. The molecule has 1 aromatic carbocycles. The van der Waals surface area contributed by atoms with Crippen molar-refractivity contribution in [2.75, 3.05) is 26.2 Å². The standard InChI is InChI=1S/C21H26FN3O4S2/c1-14(2)19(23-20(26)16-5-7-17(22)8-6-16)21(27)24-10-12-25(13-11-24)31(28,29)18-9-4-15(3)30-18/h4-9,14,19H,10-13H2,1-3H3,(H,23,26). The van der Waals surface area contributed by atoms with E-state index in [0.29, 0.717) is 4.21 Å². The molecule has 1 N–H and O–H groups in total. The fraction of sp³-hybridized carbons (Fsp3) is 0.429. The molecule has 168 valence electrons. The van der Waals surface area contributed by atoms with Crippen molar-refractivity contribution in [3.05, 3.63) is 52.7 Å². The molecule has 2 heterocycles. The first kappa shape index (κ1) is 23.4. The molecule has 2 amide bonds. The topological polar surface area (TPSA) is 86.8 Å². The zero-order valence-corrected chi connectivity index (χ0v) is 19.3. The molecule has 1 unspecified atom stereocenters. The van der Waals surface area contributed by atoms with E-state index in [1.165, 1.54) is 39.9 Å². The molecule has 2 aromatic rings. The summed E-state index contributed by atoms with van der Waals surface area (Å²) >= 11 is 1.23. The number of thiophene rings is 1. The molecule has 0 spiro atoms. The van der Waals surface area contributed by atoms with Gasteiger partial charge >= 0.3 is 0 Å². The Morgan fingerprint density at radius 2 is 1.65 bits per heavy atom. The van der Waals surface area contributed by atoms with Crippen LogP contribution in [0.4, 0.5) is 4.39 Å². The number of sulfonamides is 1. The van der Waals surface area contributed by atoms with Gasteiger partial charge in [0.2, 0.25) is 5.91 Å². The largest absolute Gasteiger partial charge is 0.340 e. The molecule has 10 heteroatoms. The lowest BCUT2D eigenvalue weighted by molar-refractivity contribution is -0.135. The molecular weight excluding hydrogens is 441 g/mol. The number of piperazine rings is 1. The summed E-state index contributed by atoms with van der Waals surface area (Å²) in [5.41, 5.74) is 0.266. The van der Waals surface area contributed by atoms with Crippen LogP contribution in [0.3, 0.4) is 0 Å². The van der Waals surface area contributed by atoms with Crippen molar-refractivity contribution in [2.45, 2.75) is 31.0 Å². The lowest BCUT2D eigenvalue weighted by atomic mass is 10.0. The van der Waals surface area contributed by atoms with Crippen molar-refractivity contribution in [2.24, 2.45) is 5.92 Å². The molecule has 0 aliphatic carbocycles. The summed E-state index contributed by atoms with van der Waals surface area (Å²) in [6.45, 7) is 6.40. The molecular formula is C21H26FN3O4S2. The average molecular weight is 468 g/mol. The van der Waals surface area contributed by atoms with Crippen LogP contribution >= 0.6 is 11.3 Å². The Bertz CT molecular complexity index is 1040. The van der Waals surface area contributed by atoms with E-state index in [1.807, 2.05) is 20.8 Å². The van der Waals surface area contributed by atoms with Crippen molar-refractivity contribution in [1.29, 1.82) is 0 Å². The highest BCUT2D eigenvalue weighted by molar-refractivity contribution is 7.91. The van der Waals surface area contributed by atoms with Crippen LogP contribution in [0, 0.1) is 18.7 Å². The molecule has 3 rings (SSSR count). The van der Waals surface area contributed by atoms with Gasteiger partial charge in [0.1, 0.15) is 16.1 Å². The summed E-state index contributed by atoms with van der Waals surface area (Å²) in [4.78, 5) is 28.1. The minimum atomic E-state index is -3.57. The van der Waals surface area contributed by atoms with E-state index in [4.69, 9.17) is 0 Å². The van der Waals surface area contributed by atoms with Crippen LogP contribution in [0.25, 0.3) is 0 Å². The number of amides is 2. The Morgan fingerprint density at radius 3 is 2.16 bits per heavy atom. The third-order valence-electron chi connectivity index (χ3n) is 5.19. The van der Waals surface area contributed by atoms with Crippen molar-refractivity contribution in [3.8, 4) is 0 Å². The predicted octanol–water partition coefficient (Wildman–Crippen LogP) is 2.48. The van der Waals surface area contributed by atoms with Crippen molar-refractivity contribution < 1.29 is 22.4 Å². The highest BCUT2D eigenvalue weighted by atomic mass is 32.2. The van der Waals surface area contributed by atoms with Crippen molar-refractivity contribution in [3.63, 3.8) is 0 Å². The first-order valence-electron chi connectivity index (χ1n) is 10.0. The summed E-state index contributed by atoms with van der Waals surface area (Å²) in [6, 6.07) is 7.72. The third kappa shape index (κ3) is 5.31. The number of nitrogens with zero attached hydrogens (tertiary/aromatic N) is 2. The first-order valence-corrected chi connectivity index (χ1v) is 12.3. The van der Waals surface area contributed by atoms with Gasteiger partial charge in [0.25, 0.3) is 15.9 Å². The van der Waals surface area contributed by atoms with Gasteiger partial charge in [0.15, 0.2) is 0 Å². The second-order valence-corrected chi connectivity index (χ2v) is 11.2. The Hall–Kier alpha value is -2.30. The van der Waals surface area contributed by atoms with Crippen LogP contribution in [-0.2, 0) is 14.8 Å². The van der Waals surface area contributed by atoms with Gasteiger partial charge in [-0.2, -0.15) is 4.31 Å². The number of hydrogen-bond donors (Lipinski definition) is 1. The number of rotatable bonds is 6. The zero-order chi connectivity index (χ0) is 22.8. The van der Waals surface area contributed by atoms with E-state index in [0.717, 1.165) is 4.88 Å². The number of halogens is 1. The molecule has 1 aliphatic rings. The zero-order valence-electron chi connectivity index (χ0n) is 17.7. The van der Waals surface area contributed by atoms with Crippen LogP contribution in [0.15, 0.2) is 40.6 Å². The van der Waals surface area contributed by atoms with Crippen LogP contribution in [0.5, 0.6) is 0 Å². The second-order valence-electron chi connectivity index (χ2n) is 7.80. The SMILES string of the molecule is Cc1ccc(S(=O)(=O)N2CCN(C(=O)C(NC(=O)c3ccc(F)cc3)C(C)C)CC2)s1. The predicted molar refractivity (Wildman–Crippen MR) is 117 cm³/mol. The molecule has 1 saturated heterocycles. The van der Waals surface area contributed by atoms with Crippen LogP contribution in [0.1, 0.15) is 29.1 Å². The minimum absolute atomic E-state index is 0.173. The smallest absolute Gasteiger partial charge is 0.252 e. The number of carbonyl (C=O) groups excluding carboxylic acids is 2. The summed E-state index contributed by atoms with van der Waals surface area (Å²) in [7, 11) is -3.57. The van der Waals surface area contributed by atoms with Crippen LogP contribution in [-0.4, -0.2) is 61.7 Å². The fourth-order valence-corrected chi connectivity index (χ4v) is 6.22. The monoisotopic (exact) mass is 467 g/mol. The van der Waals surface area contributed by atoms with Gasteiger partial charge in [-0.1, -0.05) is 13.8 Å². The van der Waals surface area contributed by atoms with Gasteiger partial charge < -0.3 is 10.2 Å². The summed E-state index contributed by atoms with van der Waals surface area (Å²) < 4.78 is 40.4. The lowest BCUT2D eigenvalue weighted by Gasteiger charge is -2.36. The van der Waals surface area contributed by atoms with Crippen molar-refractivity contribution in [1.82, 2.24) is 14.5 Å². The lowest BCUT2D eigenvalue weighted by Crippen LogP contribution is -2.57. The normalized spacial score (nSPS) is 16.4. The van der Waals surface area contributed by atoms with Gasteiger partial charge in [-0.15, -0.1) is 11.3 Å². The summed E-state index contributed by atoms with van der Waals surface area (Å²) in [5.74, 6) is -1.33. The van der Waals surface area contributed by atoms with E-state index in [1.54, 1.807) is 17.0 Å². The molecule has 1 atom stereocenters. The molecule has 1 aromatic heterocycles. The van der Waals surface area contributed by atoms with E-state index >= 15 is 0 Å². The molecule has 1 fully saturated rings. The molecule has 0 radical (unpaired) electrons. The highest BCUT2D eigenvalue weighted by Crippen LogP contribution is 2.25. The number of carbonyl (C=O) groups is 2. The minimum Gasteiger partial charge on any atom is -0.340 e. The highest BCUT2D eigenvalue weighted by Gasteiger charge is 2.34. The summed E-state index contributed by atoms with van der Waals surface area (Å²) in [6.07, 6.45) is 0. The second kappa shape index (κ2) is 9.46. The van der Waals surface area contributed by atoms with E-state index in [-0.39, 0.29) is 43.6 Å².